The van der Waals surface area contributed by atoms with Gasteiger partial charge < -0.3 is 4.57 Å². The smallest absolute Gasteiger partial charge is 0.302 e. The van der Waals surface area contributed by atoms with Crippen molar-refractivity contribution in [3.05, 3.63) is 44.8 Å². The fourth-order valence-electron chi connectivity index (χ4n) is 1.58. The van der Waals surface area contributed by atoms with E-state index in [9.17, 15) is 9.59 Å². The van der Waals surface area contributed by atoms with Crippen molar-refractivity contribution >= 4 is 17.1 Å². The van der Waals surface area contributed by atoms with Crippen LogP contribution in [0.15, 0.2) is 29.3 Å². The molecule has 0 spiro atoms. The van der Waals surface area contributed by atoms with Crippen molar-refractivity contribution in [1.82, 2.24) is 9.13 Å². The Balaban J connectivity index is 2.17. The van der Waals surface area contributed by atoms with Gasteiger partial charge in [-0.15, -0.1) is 11.3 Å². The average Bonchev–Trinajstić information content (AvgIpc) is 2.91. The maximum absolute atomic E-state index is 11.9. The summed E-state index contributed by atoms with van der Waals surface area (Å²) in [5, 5.41) is 0. The maximum atomic E-state index is 11.9. The van der Waals surface area contributed by atoms with Gasteiger partial charge in [0.1, 0.15) is 0 Å². The normalized spacial score (nSPS) is 10.7. The molecule has 0 amide bonds. The van der Waals surface area contributed by atoms with E-state index in [0.29, 0.717) is 0 Å². The van der Waals surface area contributed by atoms with Gasteiger partial charge in [-0.25, -0.2) is 4.79 Å². The van der Waals surface area contributed by atoms with Crippen LogP contribution in [0.25, 0.3) is 0 Å². The largest absolute Gasteiger partial charge is 0.328 e. The van der Waals surface area contributed by atoms with Crippen molar-refractivity contribution in [3.8, 4) is 0 Å². The van der Waals surface area contributed by atoms with Crippen LogP contribution >= 0.6 is 11.3 Å². The van der Waals surface area contributed by atoms with E-state index in [2.05, 4.69) is 6.92 Å². The molecule has 0 aliphatic carbocycles. The van der Waals surface area contributed by atoms with Crippen molar-refractivity contribution in [1.29, 1.82) is 0 Å². The van der Waals surface area contributed by atoms with Crippen LogP contribution in [0.3, 0.4) is 0 Å². The van der Waals surface area contributed by atoms with Crippen LogP contribution in [0.2, 0.25) is 0 Å². The van der Waals surface area contributed by atoms with Crippen LogP contribution in [-0.4, -0.2) is 14.9 Å². The molecule has 0 atom stereocenters. The summed E-state index contributed by atoms with van der Waals surface area (Å²) < 4.78 is 2.88. The van der Waals surface area contributed by atoms with Crippen LogP contribution in [0.4, 0.5) is 0 Å². The number of aromatic nitrogens is 2. The van der Waals surface area contributed by atoms with Crippen LogP contribution in [-0.2, 0) is 20.0 Å². The molecule has 2 heterocycles. The number of aryl methyl sites for hydroxylation is 2. The number of thiophene rings is 1. The number of imidazole rings is 1. The fraction of sp³-hybridized carbons (Fsp3) is 0.333. The quantitative estimate of drug-likeness (QED) is 0.775. The van der Waals surface area contributed by atoms with E-state index in [1.54, 1.807) is 19.4 Å². The van der Waals surface area contributed by atoms with Gasteiger partial charge >= 0.3 is 5.69 Å². The van der Waals surface area contributed by atoms with Crippen molar-refractivity contribution in [2.24, 2.45) is 7.05 Å². The molecule has 90 valence electrons. The Morgan fingerprint density at radius 3 is 2.65 bits per heavy atom. The zero-order valence-electron chi connectivity index (χ0n) is 9.84. The highest BCUT2D eigenvalue weighted by Gasteiger charge is 2.11. The van der Waals surface area contributed by atoms with Crippen molar-refractivity contribution < 1.29 is 4.79 Å². The minimum Gasteiger partial charge on any atom is -0.302 e. The van der Waals surface area contributed by atoms with E-state index in [1.165, 1.54) is 25.3 Å². The van der Waals surface area contributed by atoms with Crippen LogP contribution in [0, 0.1) is 0 Å². The minimum absolute atomic E-state index is 0.0111. The number of ketones is 1. The standard InChI is InChI=1S/C12H14N2O2S/c1-3-9-4-5-11(17-9)10(15)8-14-7-6-13(2)12(14)16/h4-7H,3,8H2,1-2H3. The lowest BCUT2D eigenvalue weighted by molar-refractivity contribution is 0.0974. The third-order valence-electron chi connectivity index (χ3n) is 2.62. The zero-order valence-corrected chi connectivity index (χ0v) is 10.7. The monoisotopic (exact) mass is 250 g/mol. The topological polar surface area (TPSA) is 44.0 Å². The molecule has 0 bridgehead atoms. The Morgan fingerprint density at radius 1 is 1.35 bits per heavy atom. The molecule has 0 N–H and O–H groups in total. The first-order chi connectivity index (χ1) is 8.11. The van der Waals surface area contributed by atoms with E-state index >= 15 is 0 Å². The van der Waals surface area contributed by atoms with Gasteiger partial charge in [-0.1, -0.05) is 6.92 Å². The summed E-state index contributed by atoms with van der Waals surface area (Å²) in [6.45, 7) is 2.17. The fourth-order valence-corrected chi connectivity index (χ4v) is 2.46. The van der Waals surface area contributed by atoms with Crippen LogP contribution in [0.5, 0.6) is 0 Å². The molecule has 4 nitrogen and oxygen atoms in total. The third-order valence-corrected chi connectivity index (χ3v) is 3.89. The molecule has 5 heteroatoms. The number of carbonyl (C=O) groups is 1. The minimum atomic E-state index is -0.161. The molecule has 0 aliphatic heterocycles. The van der Waals surface area contributed by atoms with Gasteiger partial charge in [0.15, 0.2) is 5.78 Å². The number of carbonyl (C=O) groups excluding carboxylic acids is 1. The van der Waals surface area contributed by atoms with Gasteiger partial charge in [0.05, 0.1) is 11.4 Å². The molecule has 2 rings (SSSR count). The first kappa shape index (κ1) is 11.9. The van der Waals surface area contributed by atoms with Crippen LogP contribution in [0.1, 0.15) is 21.5 Å². The number of nitrogens with zero attached hydrogens (tertiary/aromatic N) is 2. The molecule has 17 heavy (non-hydrogen) atoms. The van der Waals surface area contributed by atoms with Crippen molar-refractivity contribution in [3.63, 3.8) is 0 Å². The van der Waals surface area contributed by atoms with E-state index < -0.39 is 0 Å². The summed E-state index contributed by atoms with van der Waals surface area (Å²) in [7, 11) is 1.67. The Kier molecular flexibility index (Phi) is 3.28. The molecule has 0 fully saturated rings. The summed E-state index contributed by atoms with van der Waals surface area (Å²) in [6, 6.07) is 3.80. The Hall–Kier alpha value is -1.62. The first-order valence-corrected chi connectivity index (χ1v) is 6.27. The van der Waals surface area contributed by atoms with E-state index in [1.807, 2.05) is 12.1 Å². The van der Waals surface area contributed by atoms with Gasteiger partial charge in [-0.3, -0.25) is 9.36 Å². The van der Waals surface area contributed by atoms with E-state index in [-0.39, 0.29) is 18.0 Å². The number of Topliss-reactive ketones (excluding diaryl/α,β-unsaturated/α-hetero) is 1. The summed E-state index contributed by atoms with van der Waals surface area (Å²) in [5.74, 6) is -0.0111. The second-order valence-corrected chi connectivity index (χ2v) is 5.03. The Morgan fingerprint density at radius 2 is 2.12 bits per heavy atom. The third kappa shape index (κ3) is 2.39. The lowest BCUT2D eigenvalue weighted by Gasteiger charge is -1.98. The van der Waals surface area contributed by atoms with Gasteiger partial charge in [-0.05, 0) is 18.6 Å². The van der Waals surface area contributed by atoms with Gasteiger partial charge in [0, 0.05) is 24.3 Å². The molecule has 0 saturated heterocycles. The average molecular weight is 250 g/mol. The summed E-state index contributed by atoms with van der Waals surface area (Å²) in [5.41, 5.74) is -0.161. The second-order valence-electron chi connectivity index (χ2n) is 3.86. The molecule has 0 aromatic carbocycles. The van der Waals surface area contributed by atoms with Crippen molar-refractivity contribution in [2.45, 2.75) is 19.9 Å². The highest BCUT2D eigenvalue weighted by atomic mass is 32.1. The molecular formula is C12H14N2O2S. The highest BCUT2D eigenvalue weighted by molar-refractivity contribution is 7.14. The van der Waals surface area contributed by atoms with Gasteiger partial charge in [0.25, 0.3) is 0 Å². The molecule has 0 radical (unpaired) electrons. The summed E-state index contributed by atoms with van der Waals surface area (Å²) in [6.07, 6.45) is 4.22. The first-order valence-electron chi connectivity index (χ1n) is 5.45. The highest BCUT2D eigenvalue weighted by Crippen LogP contribution is 2.17. The lowest BCUT2D eigenvalue weighted by atomic mass is 10.3. The summed E-state index contributed by atoms with van der Waals surface area (Å²) in [4.78, 5) is 25.4. The van der Waals surface area contributed by atoms with E-state index in [0.717, 1.165) is 11.3 Å². The van der Waals surface area contributed by atoms with E-state index in [4.69, 9.17) is 0 Å². The molecule has 2 aromatic rings. The number of hydrogen-bond acceptors (Lipinski definition) is 3. The Bertz CT molecular complexity index is 592. The van der Waals surface area contributed by atoms with Gasteiger partial charge in [-0.2, -0.15) is 0 Å². The lowest BCUT2D eigenvalue weighted by Crippen LogP contribution is -2.24. The predicted molar refractivity (Wildman–Crippen MR) is 67.7 cm³/mol. The molecule has 2 aromatic heterocycles. The number of hydrogen-bond donors (Lipinski definition) is 0. The zero-order chi connectivity index (χ0) is 12.4. The van der Waals surface area contributed by atoms with Crippen molar-refractivity contribution in [2.75, 3.05) is 0 Å². The molecule has 0 unspecified atom stereocenters. The second kappa shape index (κ2) is 4.71. The maximum Gasteiger partial charge on any atom is 0.328 e. The predicted octanol–water partition coefficient (Wildman–Crippen LogP) is 1.69. The summed E-state index contributed by atoms with van der Waals surface area (Å²) >= 11 is 1.50. The van der Waals surface area contributed by atoms with Gasteiger partial charge in [0.2, 0.25) is 0 Å². The SMILES string of the molecule is CCc1ccc(C(=O)Cn2ccn(C)c2=O)s1. The number of rotatable bonds is 4. The van der Waals surface area contributed by atoms with Crippen LogP contribution < -0.4 is 5.69 Å². The molecule has 0 saturated carbocycles. The molecular weight excluding hydrogens is 236 g/mol. The molecule has 0 aliphatic rings. The Labute approximate surface area is 103 Å².